The molecule has 1 aromatic heterocycles. The van der Waals surface area contributed by atoms with Crippen LogP contribution in [0.3, 0.4) is 0 Å². The van der Waals surface area contributed by atoms with Gasteiger partial charge in [-0.25, -0.2) is 0 Å². The SMILES string of the molecule is COC(C)c1nsc(OC2CCCCCC2N)n1. The molecule has 5 nitrogen and oxygen atoms in total. The van der Waals surface area contributed by atoms with Gasteiger partial charge in [0.25, 0.3) is 5.19 Å². The van der Waals surface area contributed by atoms with Crippen LogP contribution in [0.5, 0.6) is 5.19 Å². The molecule has 1 aliphatic carbocycles. The smallest absolute Gasteiger partial charge is 0.293 e. The Hall–Kier alpha value is -0.720. The van der Waals surface area contributed by atoms with Gasteiger partial charge in [0.2, 0.25) is 0 Å². The summed E-state index contributed by atoms with van der Waals surface area (Å²) in [5.74, 6) is 0.680. The van der Waals surface area contributed by atoms with E-state index in [1.54, 1.807) is 7.11 Å². The standard InChI is InChI=1S/C12H21N3O2S/c1-8(16-2)11-14-12(18-15-11)17-10-7-5-3-4-6-9(10)13/h8-10H,3-7,13H2,1-2H3. The first-order valence-electron chi connectivity index (χ1n) is 6.49. The normalized spacial score (nSPS) is 26.6. The minimum Gasteiger partial charge on any atom is -0.464 e. The van der Waals surface area contributed by atoms with Gasteiger partial charge in [-0.05, 0) is 26.2 Å². The first-order chi connectivity index (χ1) is 8.70. The average molecular weight is 271 g/mol. The molecular formula is C12H21N3O2S. The van der Waals surface area contributed by atoms with Crippen LogP contribution in [0.2, 0.25) is 0 Å². The quantitative estimate of drug-likeness (QED) is 0.851. The van der Waals surface area contributed by atoms with E-state index in [4.69, 9.17) is 15.2 Å². The van der Waals surface area contributed by atoms with Crippen molar-refractivity contribution < 1.29 is 9.47 Å². The first kappa shape index (κ1) is 13.7. The highest BCUT2D eigenvalue weighted by Crippen LogP contribution is 2.25. The van der Waals surface area contributed by atoms with Crippen molar-refractivity contribution in [3.63, 3.8) is 0 Å². The third-order valence-corrected chi connectivity index (χ3v) is 4.02. The molecule has 0 bridgehead atoms. The largest absolute Gasteiger partial charge is 0.464 e. The van der Waals surface area contributed by atoms with Gasteiger partial charge in [-0.2, -0.15) is 9.36 Å². The van der Waals surface area contributed by atoms with Gasteiger partial charge in [0.05, 0.1) is 0 Å². The van der Waals surface area contributed by atoms with Gasteiger partial charge in [0.1, 0.15) is 12.2 Å². The van der Waals surface area contributed by atoms with E-state index in [9.17, 15) is 0 Å². The number of hydrogen-bond donors (Lipinski definition) is 1. The highest BCUT2D eigenvalue weighted by molar-refractivity contribution is 7.07. The number of aromatic nitrogens is 2. The Labute approximate surface area is 112 Å². The highest BCUT2D eigenvalue weighted by Gasteiger charge is 2.23. The second kappa shape index (κ2) is 6.45. The predicted octanol–water partition coefficient (Wildman–Crippen LogP) is 2.28. The third kappa shape index (κ3) is 3.40. The van der Waals surface area contributed by atoms with Crippen molar-refractivity contribution in [1.82, 2.24) is 9.36 Å². The summed E-state index contributed by atoms with van der Waals surface area (Å²) >= 11 is 1.28. The lowest BCUT2D eigenvalue weighted by atomic mass is 10.1. The van der Waals surface area contributed by atoms with Crippen molar-refractivity contribution in [2.24, 2.45) is 5.73 Å². The Balaban J connectivity index is 1.97. The second-order valence-electron chi connectivity index (χ2n) is 4.75. The number of nitrogens with zero attached hydrogens (tertiary/aromatic N) is 2. The summed E-state index contributed by atoms with van der Waals surface area (Å²) in [4.78, 5) is 4.34. The molecule has 2 rings (SSSR count). The van der Waals surface area contributed by atoms with E-state index in [-0.39, 0.29) is 18.2 Å². The van der Waals surface area contributed by atoms with E-state index in [2.05, 4.69) is 9.36 Å². The Morgan fingerprint density at radius 3 is 2.89 bits per heavy atom. The molecule has 6 heteroatoms. The third-order valence-electron chi connectivity index (χ3n) is 3.40. The summed E-state index contributed by atoms with van der Waals surface area (Å²) in [6.45, 7) is 1.92. The summed E-state index contributed by atoms with van der Waals surface area (Å²) in [6, 6.07) is 0.111. The molecule has 102 valence electrons. The van der Waals surface area contributed by atoms with Gasteiger partial charge >= 0.3 is 0 Å². The monoisotopic (exact) mass is 271 g/mol. The molecule has 1 aliphatic rings. The molecule has 0 spiro atoms. The number of ether oxygens (including phenoxy) is 2. The molecule has 0 saturated heterocycles. The molecule has 0 amide bonds. The van der Waals surface area contributed by atoms with Crippen LogP contribution < -0.4 is 10.5 Å². The Morgan fingerprint density at radius 2 is 2.11 bits per heavy atom. The summed E-state index contributed by atoms with van der Waals surface area (Å²) in [5, 5.41) is 0.608. The van der Waals surface area contributed by atoms with Gasteiger partial charge < -0.3 is 15.2 Å². The Bertz CT molecular complexity index is 372. The van der Waals surface area contributed by atoms with Crippen LogP contribution >= 0.6 is 11.5 Å². The van der Waals surface area contributed by atoms with Gasteiger partial charge in [-0.15, -0.1) is 0 Å². The zero-order chi connectivity index (χ0) is 13.0. The van der Waals surface area contributed by atoms with Gasteiger partial charge in [0, 0.05) is 24.7 Å². The van der Waals surface area contributed by atoms with Crippen molar-refractivity contribution in [3.05, 3.63) is 5.82 Å². The molecule has 3 atom stereocenters. The van der Waals surface area contributed by atoms with Crippen LogP contribution in [0.4, 0.5) is 0 Å². The van der Waals surface area contributed by atoms with Crippen molar-refractivity contribution in [1.29, 1.82) is 0 Å². The summed E-state index contributed by atoms with van der Waals surface area (Å²) < 4.78 is 15.3. The molecular weight excluding hydrogens is 250 g/mol. The lowest BCUT2D eigenvalue weighted by Gasteiger charge is -2.20. The summed E-state index contributed by atoms with van der Waals surface area (Å²) in [7, 11) is 1.65. The molecule has 1 aromatic rings. The van der Waals surface area contributed by atoms with E-state index in [1.807, 2.05) is 6.92 Å². The molecule has 2 N–H and O–H groups in total. The van der Waals surface area contributed by atoms with Crippen molar-refractivity contribution in [2.45, 2.75) is 57.3 Å². The fraction of sp³-hybridized carbons (Fsp3) is 0.833. The average Bonchev–Trinajstić information content (AvgIpc) is 2.75. The fourth-order valence-electron chi connectivity index (χ4n) is 2.12. The molecule has 1 saturated carbocycles. The minimum absolute atomic E-state index is 0.0751. The van der Waals surface area contributed by atoms with E-state index in [0.29, 0.717) is 11.0 Å². The van der Waals surface area contributed by atoms with Crippen molar-refractivity contribution in [2.75, 3.05) is 7.11 Å². The van der Waals surface area contributed by atoms with E-state index < -0.39 is 0 Å². The lowest BCUT2D eigenvalue weighted by molar-refractivity contribution is 0.111. The van der Waals surface area contributed by atoms with E-state index >= 15 is 0 Å². The minimum atomic E-state index is -0.0959. The maximum atomic E-state index is 6.13. The van der Waals surface area contributed by atoms with Crippen LogP contribution in [0.25, 0.3) is 0 Å². The maximum Gasteiger partial charge on any atom is 0.293 e. The van der Waals surface area contributed by atoms with Gasteiger partial charge in [-0.3, -0.25) is 0 Å². The van der Waals surface area contributed by atoms with E-state index in [0.717, 1.165) is 12.8 Å². The molecule has 0 aliphatic heterocycles. The zero-order valence-electron chi connectivity index (χ0n) is 11.0. The van der Waals surface area contributed by atoms with Crippen LogP contribution in [-0.4, -0.2) is 28.6 Å². The lowest BCUT2D eigenvalue weighted by Crippen LogP contribution is -2.37. The van der Waals surface area contributed by atoms with Crippen molar-refractivity contribution >= 4 is 11.5 Å². The predicted molar refractivity (Wildman–Crippen MR) is 70.8 cm³/mol. The molecule has 0 radical (unpaired) electrons. The Kier molecular flexibility index (Phi) is 4.91. The number of methoxy groups -OCH3 is 1. The van der Waals surface area contributed by atoms with Crippen LogP contribution in [-0.2, 0) is 4.74 Å². The van der Waals surface area contributed by atoms with Crippen LogP contribution in [0.15, 0.2) is 0 Å². The fourth-order valence-corrected chi connectivity index (χ4v) is 2.78. The zero-order valence-corrected chi connectivity index (χ0v) is 11.8. The van der Waals surface area contributed by atoms with Gasteiger partial charge in [0.15, 0.2) is 5.82 Å². The molecule has 3 unspecified atom stereocenters. The number of hydrogen-bond acceptors (Lipinski definition) is 6. The topological polar surface area (TPSA) is 70.3 Å². The highest BCUT2D eigenvalue weighted by atomic mass is 32.1. The maximum absolute atomic E-state index is 6.13. The summed E-state index contributed by atoms with van der Waals surface area (Å²) in [5.41, 5.74) is 6.13. The molecule has 1 fully saturated rings. The van der Waals surface area contributed by atoms with Crippen LogP contribution in [0.1, 0.15) is 51.0 Å². The molecule has 1 heterocycles. The van der Waals surface area contributed by atoms with Gasteiger partial charge in [-0.1, -0.05) is 12.8 Å². The van der Waals surface area contributed by atoms with Crippen molar-refractivity contribution in [3.8, 4) is 5.19 Å². The van der Waals surface area contributed by atoms with E-state index in [1.165, 1.54) is 30.8 Å². The molecule has 18 heavy (non-hydrogen) atoms. The summed E-state index contributed by atoms with van der Waals surface area (Å²) in [6.07, 6.45) is 5.64. The Morgan fingerprint density at radius 1 is 1.33 bits per heavy atom. The number of nitrogens with two attached hydrogens (primary N) is 1. The first-order valence-corrected chi connectivity index (χ1v) is 7.26. The van der Waals surface area contributed by atoms with Crippen LogP contribution in [0, 0.1) is 0 Å². The molecule has 0 aromatic carbocycles. The second-order valence-corrected chi connectivity index (χ2v) is 5.47. The number of rotatable bonds is 4.